The van der Waals surface area contributed by atoms with Crippen LogP contribution in [-0.4, -0.2) is 87.9 Å². The summed E-state index contributed by atoms with van der Waals surface area (Å²) >= 11 is 0. The monoisotopic (exact) mass is 449 g/mol. The molecule has 2 aromatic heterocycles. The summed E-state index contributed by atoms with van der Waals surface area (Å²) < 4.78 is 7.69. The highest BCUT2D eigenvalue weighted by Gasteiger charge is 2.29. The van der Waals surface area contributed by atoms with E-state index in [0.29, 0.717) is 12.5 Å². The predicted molar refractivity (Wildman–Crippen MR) is 126 cm³/mol. The number of rotatable bonds is 6. The molecule has 1 atom stereocenters. The summed E-state index contributed by atoms with van der Waals surface area (Å²) in [6.45, 7) is 6.95. The maximum Gasteiger partial charge on any atom is 0.239 e. The topological polar surface area (TPSA) is 79.1 Å². The van der Waals surface area contributed by atoms with Crippen LogP contribution in [-0.2, 0) is 4.79 Å². The molecule has 0 spiro atoms. The van der Waals surface area contributed by atoms with Crippen LogP contribution in [0.3, 0.4) is 0 Å². The van der Waals surface area contributed by atoms with E-state index in [1.165, 1.54) is 5.56 Å². The molecular formula is C24H31N7O2. The van der Waals surface area contributed by atoms with E-state index in [-0.39, 0.29) is 11.9 Å². The summed E-state index contributed by atoms with van der Waals surface area (Å²) in [7, 11) is 1.87. The van der Waals surface area contributed by atoms with Crippen LogP contribution in [0.15, 0.2) is 42.7 Å². The molecule has 0 bridgehead atoms. The van der Waals surface area contributed by atoms with Crippen molar-refractivity contribution in [1.29, 1.82) is 0 Å². The Kier molecular flexibility index (Phi) is 6.13. The van der Waals surface area contributed by atoms with Crippen molar-refractivity contribution in [3.8, 4) is 5.75 Å². The second-order valence-corrected chi connectivity index (χ2v) is 8.98. The number of benzene rings is 1. The highest BCUT2D eigenvalue weighted by Crippen LogP contribution is 2.30. The number of amides is 1. The fraction of sp³-hybridized carbons (Fsp3) is 0.500. The van der Waals surface area contributed by atoms with Crippen LogP contribution in [0.4, 0.5) is 5.82 Å². The number of anilines is 1. The van der Waals surface area contributed by atoms with Gasteiger partial charge in [-0.05, 0) is 55.5 Å². The number of hydrogen-bond donors (Lipinski definition) is 0. The minimum Gasteiger partial charge on any atom is -0.492 e. The highest BCUT2D eigenvalue weighted by molar-refractivity contribution is 5.81. The largest absolute Gasteiger partial charge is 0.492 e. The fourth-order valence-corrected chi connectivity index (χ4v) is 4.81. The normalized spacial score (nSPS) is 20.5. The molecule has 0 saturated carbocycles. The molecule has 0 radical (unpaired) electrons. The average molecular weight is 450 g/mol. The second-order valence-electron chi connectivity index (χ2n) is 8.98. The molecular weight excluding hydrogens is 418 g/mol. The molecule has 5 rings (SSSR count). The van der Waals surface area contributed by atoms with Crippen LogP contribution in [0, 0.1) is 0 Å². The van der Waals surface area contributed by atoms with Crippen LogP contribution in [0.1, 0.15) is 31.2 Å². The van der Waals surface area contributed by atoms with Gasteiger partial charge < -0.3 is 14.5 Å². The quantitative estimate of drug-likeness (QED) is 0.570. The number of ether oxygens (including phenoxy) is 1. The molecule has 3 aromatic rings. The molecule has 1 amide bonds. The Morgan fingerprint density at radius 2 is 1.82 bits per heavy atom. The standard InChI is InChI=1S/C24H31N7O2/c1-18-24(32)28(2)13-14-29(18)15-16-33-21-5-3-19(4-6-21)20-9-11-30(12-10-20)23-8-7-22-26-25-17-31(22)27-23/h3-8,17-18,20H,9-16H2,1-2H3/t18-/m1/s1. The lowest BCUT2D eigenvalue weighted by Gasteiger charge is -2.37. The van der Waals surface area contributed by atoms with Crippen LogP contribution in [0.25, 0.3) is 5.65 Å². The maximum atomic E-state index is 12.1. The van der Waals surface area contributed by atoms with Gasteiger partial charge in [0, 0.05) is 39.8 Å². The Labute approximate surface area is 193 Å². The lowest BCUT2D eigenvalue weighted by atomic mass is 9.89. The smallest absolute Gasteiger partial charge is 0.239 e. The molecule has 33 heavy (non-hydrogen) atoms. The number of fused-ring (bicyclic) bond motifs is 1. The number of hydrogen-bond acceptors (Lipinski definition) is 7. The van der Waals surface area contributed by atoms with E-state index < -0.39 is 0 Å². The summed E-state index contributed by atoms with van der Waals surface area (Å²) in [6.07, 6.45) is 3.83. The summed E-state index contributed by atoms with van der Waals surface area (Å²) in [5.74, 6) is 2.59. The Morgan fingerprint density at radius 1 is 1.03 bits per heavy atom. The van der Waals surface area contributed by atoms with E-state index >= 15 is 0 Å². The van der Waals surface area contributed by atoms with Gasteiger partial charge in [-0.15, -0.1) is 15.3 Å². The first-order chi connectivity index (χ1) is 16.1. The lowest BCUT2D eigenvalue weighted by molar-refractivity contribution is -0.139. The highest BCUT2D eigenvalue weighted by atomic mass is 16.5. The van der Waals surface area contributed by atoms with Gasteiger partial charge in [0.15, 0.2) is 5.65 Å². The SMILES string of the molecule is C[C@@H]1C(=O)N(C)CCN1CCOc1ccc(C2CCN(c3ccc4nncn4n3)CC2)cc1. The number of piperidine rings is 1. The first-order valence-electron chi connectivity index (χ1n) is 11.7. The lowest BCUT2D eigenvalue weighted by Crippen LogP contribution is -2.55. The van der Waals surface area contributed by atoms with Gasteiger partial charge in [0.1, 0.15) is 24.5 Å². The van der Waals surface area contributed by atoms with Gasteiger partial charge in [0.2, 0.25) is 5.91 Å². The minimum absolute atomic E-state index is 0.0747. The Morgan fingerprint density at radius 3 is 2.61 bits per heavy atom. The molecule has 4 heterocycles. The number of carbonyl (C=O) groups excluding carboxylic acids is 1. The molecule has 9 nitrogen and oxygen atoms in total. The summed E-state index contributed by atoms with van der Waals surface area (Å²) in [4.78, 5) is 18.5. The summed E-state index contributed by atoms with van der Waals surface area (Å²) in [5.41, 5.74) is 2.13. The average Bonchev–Trinajstić information content (AvgIpc) is 3.33. The molecule has 0 aliphatic carbocycles. The zero-order chi connectivity index (χ0) is 22.8. The van der Waals surface area contributed by atoms with Crippen molar-refractivity contribution in [2.24, 2.45) is 0 Å². The van der Waals surface area contributed by atoms with Crippen molar-refractivity contribution in [3.05, 3.63) is 48.3 Å². The third-order valence-electron chi connectivity index (χ3n) is 6.97. The van der Waals surface area contributed by atoms with Gasteiger partial charge in [-0.2, -0.15) is 4.52 Å². The number of aromatic nitrogens is 4. The van der Waals surface area contributed by atoms with Crippen LogP contribution >= 0.6 is 0 Å². The van der Waals surface area contributed by atoms with Crippen molar-refractivity contribution >= 4 is 17.4 Å². The van der Waals surface area contributed by atoms with Gasteiger partial charge in [-0.25, -0.2) is 0 Å². The van der Waals surface area contributed by atoms with Gasteiger partial charge >= 0.3 is 0 Å². The summed E-state index contributed by atoms with van der Waals surface area (Å²) in [5, 5.41) is 12.5. The van der Waals surface area contributed by atoms with Gasteiger partial charge in [-0.3, -0.25) is 9.69 Å². The third-order valence-corrected chi connectivity index (χ3v) is 6.97. The van der Waals surface area contributed by atoms with Gasteiger partial charge in [0.25, 0.3) is 0 Å². The molecule has 2 aliphatic rings. The Balaban J connectivity index is 1.10. The molecule has 2 saturated heterocycles. The first-order valence-corrected chi connectivity index (χ1v) is 11.7. The molecule has 0 unspecified atom stereocenters. The zero-order valence-corrected chi connectivity index (χ0v) is 19.3. The van der Waals surface area contributed by atoms with E-state index in [1.807, 2.05) is 26.1 Å². The maximum absolute atomic E-state index is 12.1. The molecule has 1 aromatic carbocycles. The van der Waals surface area contributed by atoms with Crippen molar-refractivity contribution in [3.63, 3.8) is 0 Å². The molecule has 0 N–H and O–H groups in total. The van der Waals surface area contributed by atoms with Crippen LogP contribution < -0.4 is 9.64 Å². The number of nitrogens with zero attached hydrogens (tertiary/aromatic N) is 7. The van der Waals surface area contributed by atoms with Crippen molar-refractivity contribution in [1.82, 2.24) is 29.6 Å². The van der Waals surface area contributed by atoms with E-state index in [1.54, 1.807) is 15.7 Å². The predicted octanol–water partition coefficient (Wildman–Crippen LogP) is 2.05. The zero-order valence-electron chi connectivity index (χ0n) is 19.3. The van der Waals surface area contributed by atoms with Crippen LogP contribution in [0.5, 0.6) is 5.75 Å². The molecule has 174 valence electrons. The van der Waals surface area contributed by atoms with Crippen molar-refractivity contribution in [2.45, 2.75) is 31.7 Å². The van der Waals surface area contributed by atoms with E-state index in [0.717, 1.165) is 62.8 Å². The minimum atomic E-state index is -0.0747. The Hall–Kier alpha value is -3.20. The Bertz CT molecular complexity index is 1090. The van der Waals surface area contributed by atoms with E-state index in [2.05, 4.69) is 49.4 Å². The van der Waals surface area contributed by atoms with Gasteiger partial charge in [0.05, 0.1) is 6.04 Å². The third kappa shape index (κ3) is 4.64. The van der Waals surface area contributed by atoms with Crippen LogP contribution in [0.2, 0.25) is 0 Å². The summed E-state index contributed by atoms with van der Waals surface area (Å²) in [6, 6.07) is 12.4. The molecule has 2 fully saturated rings. The first kappa shape index (κ1) is 21.6. The van der Waals surface area contributed by atoms with E-state index in [4.69, 9.17) is 4.74 Å². The van der Waals surface area contributed by atoms with Crippen molar-refractivity contribution < 1.29 is 9.53 Å². The number of carbonyl (C=O) groups is 1. The fourth-order valence-electron chi connectivity index (χ4n) is 4.81. The van der Waals surface area contributed by atoms with E-state index in [9.17, 15) is 4.79 Å². The molecule has 9 heteroatoms. The van der Waals surface area contributed by atoms with Gasteiger partial charge in [-0.1, -0.05) is 12.1 Å². The number of piperazine rings is 1. The van der Waals surface area contributed by atoms with Crippen molar-refractivity contribution in [2.75, 3.05) is 51.3 Å². The molecule has 2 aliphatic heterocycles. The second kappa shape index (κ2) is 9.35. The number of likely N-dealkylation sites (N-methyl/N-ethyl adjacent to an activating group) is 1.